The third-order valence-corrected chi connectivity index (χ3v) is 3.79. The number of nitrogens with one attached hydrogen (secondary N) is 1. The molecule has 92 valence electrons. The standard InChI is InChI=1S/C12H12N4OS/c13-16-12-9-5-18-6-10(9)14-11(15-12)7-2-1-3-8(17)4-7/h1-4,17H,5-6,13H2,(H,14,15,16). The van der Waals surface area contributed by atoms with Gasteiger partial charge in [0, 0.05) is 22.6 Å². The molecule has 2 heterocycles. The zero-order valence-electron chi connectivity index (χ0n) is 9.55. The fraction of sp³-hybridized carbons (Fsp3) is 0.167. The first-order valence-corrected chi connectivity index (χ1v) is 6.67. The van der Waals surface area contributed by atoms with E-state index in [9.17, 15) is 5.11 Å². The summed E-state index contributed by atoms with van der Waals surface area (Å²) < 4.78 is 0. The number of thioether (sulfide) groups is 1. The lowest BCUT2D eigenvalue weighted by Crippen LogP contribution is -2.12. The smallest absolute Gasteiger partial charge is 0.161 e. The molecule has 0 atom stereocenters. The van der Waals surface area contributed by atoms with E-state index in [-0.39, 0.29) is 5.75 Å². The molecule has 1 aromatic carbocycles. The highest BCUT2D eigenvalue weighted by Gasteiger charge is 2.19. The summed E-state index contributed by atoms with van der Waals surface area (Å²) in [6.07, 6.45) is 0. The molecule has 1 aliphatic heterocycles. The predicted molar refractivity (Wildman–Crippen MR) is 71.9 cm³/mol. The van der Waals surface area contributed by atoms with E-state index in [1.807, 2.05) is 6.07 Å². The van der Waals surface area contributed by atoms with Gasteiger partial charge in [0.1, 0.15) is 11.6 Å². The molecule has 0 radical (unpaired) electrons. The van der Waals surface area contributed by atoms with E-state index in [0.717, 1.165) is 28.3 Å². The zero-order valence-corrected chi connectivity index (χ0v) is 10.4. The average molecular weight is 260 g/mol. The molecule has 0 aliphatic carbocycles. The maximum atomic E-state index is 9.49. The van der Waals surface area contributed by atoms with Gasteiger partial charge in [-0.05, 0) is 12.1 Å². The van der Waals surface area contributed by atoms with Crippen molar-refractivity contribution in [3.05, 3.63) is 35.5 Å². The Morgan fingerprint density at radius 1 is 1.28 bits per heavy atom. The SMILES string of the molecule is NNc1nc(-c2cccc(O)c2)nc2c1CSC2. The van der Waals surface area contributed by atoms with E-state index in [1.54, 1.807) is 30.0 Å². The molecule has 0 amide bonds. The van der Waals surface area contributed by atoms with E-state index >= 15 is 0 Å². The Balaban J connectivity index is 2.13. The number of rotatable bonds is 2. The highest BCUT2D eigenvalue weighted by molar-refractivity contribution is 7.98. The summed E-state index contributed by atoms with van der Waals surface area (Å²) >= 11 is 1.79. The first kappa shape index (κ1) is 11.3. The molecule has 0 bridgehead atoms. The number of nitrogens with two attached hydrogens (primary N) is 1. The predicted octanol–water partition coefficient (Wildman–Crippen LogP) is 1.88. The Morgan fingerprint density at radius 2 is 2.17 bits per heavy atom. The number of phenols is 1. The second-order valence-electron chi connectivity index (χ2n) is 4.01. The van der Waals surface area contributed by atoms with Gasteiger partial charge in [-0.2, -0.15) is 11.8 Å². The number of phenolic OH excluding ortho intramolecular Hbond substituents is 1. The van der Waals surface area contributed by atoms with Crippen molar-refractivity contribution in [3.8, 4) is 17.1 Å². The van der Waals surface area contributed by atoms with Gasteiger partial charge in [-0.25, -0.2) is 15.8 Å². The van der Waals surface area contributed by atoms with Crippen LogP contribution >= 0.6 is 11.8 Å². The van der Waals surface area contributed by atoms with Gasteiger partial charge in [0.15, 0.2) is 5.82 Å². The van der Waals surface area contributed by atoms with E-state index in [4.69, 9.17) is 5.84 Å². The summed E-state index contributed by atoms with van der Waals surface area (Å²) in [4.78, 5) is 8.94. The largest absolute Gasteiger partial charge is 0.508 e. The summed E-state index contributed by atoms with van der Waals surface area (Å²) in [6.45, 7) is 0. The maximum Gasteiger partial charge on any atom is 0.161 e. The van der Waals surface area contributed by atoms with Crippen LogP contribution in [0.2, 0.25) is 0 Å². The van der Waals surface area contributed by atoms with E-state index < -0.39 is 0 Å². The molecule has 5 nitrogen and oxygen atoms in total. The van der Waals surface area contributed by atoms with Crippen LogP contribution in [0, 0.1) is 0 Å². The first-order chi connectivity index (χ1) is 8.78. The molecule has 18 heavy (non-hydrogen) atoms. The number of nitrogens with zero attached hydrogens (tertiary/aromatic N) is 2. The Kier molecular flexibility index (Phi) is 2.81. The minimum absolute atomic E-state index is 0.202. The number of aromatic hydroxyl groups is 1. The lowest BCUT2D eigenvalue weighted by Gasteiger charge is -2.09. The summed E-state index contributed by atoms with van der Waals surface area (Å²) in [5.41, 5.74) is 5.50. The number of anilines is 1. The minimum Gasteiger partial charge on any atom is -0.508 e. The van der Waals surface area contributed by atoms with E-state index in [2.05, 4.69) is 15.4 Å². The Bertz CT molecular complexity index is 603. The van der Waals surface area contributed by atoms with Crippen LogP contribution in [-0.2, 0) is 11.5 Å². The molecule has 0 saturated heterocycles. The number of nitrogen functional groups attached to an aromatic ring is 1. The maximum absolute atomic E-state index is 9.49. The van der Waals surface area contributed by atoms with Crippen LogP contribution in [0.15, 0.2) is 24.3 Å². The van der Waals surface area contributed by atoms with Crippen molar-refractivity contribution >= 4 is 17.6 Å². The third-order valence-electron chi connectivity index (χ3n) is 2.82. The second-order valence-corrected chi connectivity index (χ2v) is 4.99. The minimum atomic E-state index is 0.202. The molecular weight excluding hydrogens is 248 g/mol. The van der Waals surface area contributed by atoms with Crippen LogP contribution in [0.1, 0.15) is 11.3 Å². The van der Waals surface area contributed by atoms with Crippen molar-refractivity contribution < 1.29 is 5.11 Å². The van der Waals surface area contributed by atoms with Gasteiger partial charge in [-0.15, -0.1) is 0 Å². The normalized spacial score (nSPS) is 13.4. The van der Waals surface area contributed by atoms with Gasteiger partial charge in [0.05, 0.1) is 5.69 Å². The van der Waals surface area contributed by atoms with Gasteiger partial charge in [-0.1, -0.05) is 12.1 Å². The molecular formula is C12H12N4OS. The van der Waals surface area contributed by atoms with Crippen molar-refractivity contribution in [3.63, 3.8) is 0 Å². The lowest BCUT2D eigenvalue weighted by molar-refractivity contribution is 0.475. The summed E-state index contributed by atoms with van der Waals surface area (Å²) in [5, 5.41) is 9.49. The number of aromatic nitrogens is 2. The summed E-state index contributed by atoms with van der Waals surface area (Å²) in [5.74, 6) is 8.71. The quantitative estimate of drug-likeness (QED) is 0.565. The van der Waals surface area contributed by atoms with Crippen LogP contribution in [0.5, 0.6) is 5.75 Å². The lowest BCUT2D eigenvalue weighted by atomic mass is 10.2. The van der Waals surface area contributed by atoms with Gasteiger partial charge in [-0.3, -0.25) is 0 Å². The van der Waals surface area contributed by atoms with E-state index in [1.165, 1.54) is 0 Å². The van der Waals surface area contributed by atoms with Gasteiger partial charge < -0.3 is 10.5 Å². The van der Waals surface area contributed by atoms with Gasteiger partial charge in [0.25, 0.3) is 0 Å². The second kappa shape index (κ2) is 4.47. The van der Waals surface area contributed by atoms with Crippen LogP contribution in [-0.4, -0.2) is 15.1 Å². The van der Waals surface area contributed by atoms with Crippen LogP contribution in [0.3, 0.4) is 0 Å². The molecule has 6 heteroatoms. The van der Waals surface area contributed by atoms with Crippen molar-refractivity contribution in [2.24, 2.45) is 5.84 Å². The topological polar surface area (TPSA) is 84.1 Å². The summed E-state index contributed by atoms with van der Waals surface area (Å²) in [6, 6.07) is 6.90. The number of fused-ring (bicyclic) bond motifs is 1. The van der Waals surface area contributed by atoms with Crippen molar-refractivity contribution in [1.82, 2.24) is 9.97 Å². The molecule has 4 N–H and O–H groups in total. The fourth-order valence-corrected chi connectivity index (χ4v) is 2.99. The van der Waals surface area contributed by atoms with E-state index in [0.29, 0.717) is 11.6 Å². The van der Waals surface area contributed by atoms with Crippen LogP contribution < -0.4 is 11.3 Å². The Morgan fingerprint density at radius 3 is 2.94 bits per heavy atom. The van der Waals surface area contributed by atoms with Gasteiger partial charge in [0.2, 0.25) is 0 Å². The molecule has 0 saturated carbocycles. The van der Waals surface area contributed by atoms with Crippen molar-refractivity contribution in [1.29, 1.82) is 0 Å². The van der Waals surface area contributed by atoms with Crippen molar-refractivity contribution in [2.45, 2.75) is 11.5 Å². The number of benzene rings is 1. The Labute approximate surface area is 108 Å². The molecule has 0 fully saturated rings. The first-order valence-electron chi connectivity index (χ1n) is 5.51. The van der Waals surface area contributed by atoms with Gasteiger partial charge >= 0.3 is 0 Å². The molecule has 0 unspecified atom stereocenters. The highest BCUT2D eigenvalue weighted by atomic mass is 32.2. The molecule has 0 spiro atoms. The van der Waals surface area contributed by atoms with Crippen LogP contribution in [0.25, 0.3) is 11.4 Å². The number of hydrazine groups is 1. The van der Waals surface area contributed by atoms with Crippen LogP contribution in [0.4, 0.5) is 5.82 Å². The molecule has 2 aromatic rings. The zero-order chi connectivity index (χ0) is 12.5. The monoisotopic (exact) mass is 260 g/mol. The molecule has 1 aliphatic rings. The fourth-order valence-electron chi connectivity index (χ4n) is 1.94. The molecule has 1 aromatic heterocycles. The molecule has 3 rings (SSSR count). The number of hydrogen-bond donors (Lipinski definition) is 3. The Hall–Kier alpha value is -1.79. The number of hydrogen-bond acceptors (Lipinski definition) is 6. The average Bonchev–Trinajstić information content (AvgIpc) is 2.85. The highest BCUT2D eigenvalue weighted by Crippen LogP contribution is 2.34. The third kappa shape index (κ3) is 1.89. The van der Waals surface area contributed by atoms with Crippen molar-refractivity contribution in [2.75, 3.05) is 5.43 Å². The summed E-state index contributed by atoms with van der Waals surface area (Å²) in [7, 11) is 0.